The number of hydrogen-bond donors (Lipinski definition) is 0. The minimum Gasteiger partial charge on any atom is -0.463 e. The number of fused-ring (bicyclic) bond motifs is 9. The minimum absolute atomic E-state index is 0.236. The van der Waals surface area contributed by atoms with Crippen LogP contribution in [0.25, 0.3) is 11.0 Å². The van der Waals surface area contributed by atoms with Crippen LogP contribution in [0, 0.1) is 24.7 Å². The molecule has 34 heavy (non-hydrogen) atoms. The third-order valence-electron chi connectivity index (χ3n) is 7.34. The molecule has 1 aromatic heterocycles. The Balaban J connectivity index is 1.27. The lowest BCUT2D eigenvalue weighted by Gasteiger charge is -2.26. The van der Waals surface area contributed by atoms with Gasteiger partial charge < -0.3 is 14.0 Å². The summed E-state index contributed by atoms with van der Waals surface area (Å²) >= 11 is 3.39. The van der Waals surface area contributed by atoms with E-state index in [0.717, 1.165) is 10.0 Å². The highest BCUT2D eigenvalue weighted by Gasteiger charge is 2.72. The molecular formula is C25H17BrN2O6. The Kier molecular flexibility index (Phi) is 4.06. The zero-order valence-electron chi connectivity index (χ0n) is 17.8. The van der Waals surface area contributed by atoms with Gasteiger partial charge in [-0.25, -0.2) is 4.90 Å². The minimum atomic E-state index is -0.645. The maximum atomic E-state index is 13.4. The molecule has 8 nitrogen and oxygen atoms in total. The standard InChI is InChI=1S/C25H17BrN2O6/c1-10-2-5-12(6-3-10)28-24(30)16-17(25(28)31)22-23-18(21(16)33-22)19(27-34-23)14-9-32-15-7-4-11(26)8-13(15)20(14)29/h2-9,16-18,21-23H,1H3/t16-,17+,18?,21?,22?,23?/m1/s1. The molecule has 5 heterocycles. The Morgan fingerprint density at radius 1 is 0.912 bits per heavy atom. The summed E-state index contributed by atoms with van der Waals surface area (Å²) in [5.74, 6) is -2.27. The Morgan fingerprint density at radius 2 is 1.65 bits per heavy atom. The van der Waals surface area contributed by atoms with Gasteiger partial charge in [0.2, 0.25) is 17.2 Å². The molecule has 2 amide bonds. The molecule has 4 unspecified atom stereocenters. The highest BCUT2D eigenvalue weighted by molar-refractivity contribution is 9.10. The van der Waals surface area contributed by atoms with Gasteiger partial charge in [0, 0.05) is 4.47 Å². The fourth-order valence-corrected chi connectivity index (χ4v) is 6.17. The molecule has 4 aliphatic rings. The van der Waals surface area contributed by atoms with Crippen molar-refractivity contribution in [1.82, 2.24) is 0 Å². The van der Waals surface area contributed by atoms with Crippen molar-refractivity contribution in [3.05, 3.63) is 74.6 Å². The summed E-state index contributed by atoms with van der Waals surface area (Å²) in [7, 11) is 0. The van der Waals surface area contributed by atoms with Crippen molar-refractivity contribution < 1.29 is 23.6 Å². The SMILES string of the molecule is Cc1ccc(N2C(=O)[C@@H]3C4OC(C5C(c6coc7ccc(Br)cc7c6=O)=NOC54)[C@@H]3C2=O)cc1. The lowest BCUT2D eigenvalue weighted by Crippen LogP contribution is -2.46. The van der Waals surface area contributed by atoms with Crippen LogP contribution in [0.3, 0.4) is 0 Å². The van der Waals surface area contributed by atoms with Crippen LogP contribution in [0.2, 0.25) is 0 Å². The molecular weight excluding hydrogens is 504 g/mol. The van der Waals surface area contributed by atoms with Gasteiger partial charge in [0.05, 0.1) is 40.5 Å². The van der Waals surface area contributed by atoms with Gasteiger partial charge in [-0.1, -0.05) is 38.8 Å². The highest BCUT2D eigenvalue weighted by Crippen LogP contribution is 2.55. The molecule has 0 N–H and O–H groups in total. The molecule has 0 saturated carbocycles. The summed E-state index contributed by atoms with van der Waals surface area (Å²) in [5, 5.41) is 4.63. The van der Waals surface area contributed by atoms with Crippen molar-refractivity contribution in [3.63, 3.8) is 0 Å². The second-order valence-corrected chi connectivity index (χ2v) is 10.1. The lowest BCUT2D eigenvalue weighted by atomic mass is 9.71. The Bertz CT molecular complexity index is 1500. The van der Waals surface area contributed by atoms with Crippen LogP contribution in [0.4, 0.5) is 5.69 Å². The molecule has 6 atom stereocenters. The van der Waals surface area contributed by atoms with E-state index >= 15 is 0 Å². The van der Waals surface area contributed by atoms with E-state index in [1.807, 2.05) is 19.1 Å². The predicted octanol–water partition coefficient (Wildman–Crippen LogP) is 3.17. The summed E-state index contributed by atoms with van der Waals surface area (Å²) < 4.78 is 12.6. The molecule has 7 rings (SSSR count). The molecule has 3 aromatic rings. The van der Waals surface area contributed by atoms with Gasteiger partial charge in [-0.3, -0.25) is 14.4 Å². The number of halogens is 1. The number of amides is 2. The summed E-state index contributed by atoms with van der Waals surface area (Å²) in [6, 6.07) is 12.5. The van der Waals surface area contributed by atoms with Crippen LogP contribution < -0.4 is 10.3 Å². The Labute approximate surface area is 201 Å². The van der Waals surface area contributed by atoms with Crippen molar-refractivity contribution in [3.8, 4) is 0 Å². The average molecular weight is 521 g/mol. The first-order valence-electron chi connectivity index (χ1n) is 11.0. The smallest absolute Gasteiger partial charge is 0.240 e. The molecule has 0 spiro atoms. The van der Waals surface area contributed by atoms with Crippen LogP contribution >= 0.6 is 15.9 Å². The maximum Gasteiger partial charge on any atom is 0.240 e. The Morgan fingerprint density at radius 3 is 2.41 bits per heavy atom. The second-order valence-electron chi connectivity index (χ2n) is 9.16. The zero-order valence-corrected chi connectivity index (χ0v) is 19.4. The number of hydrogen-bond acceptors (Lipinski definition) is 7. The molecule has 170 valence electrons. The van der Waals surface area contributed by atoms with Gasteiger partial charge in [0.1, 0.15) is 23.7 Å². The molecule has 3 saturated heterocycles. The van der Waals surface area contributed by atoms with Crippen LogP contribution in [-0.2, 0) is 19.2 Å². The molecule has 2 bridgehead atoms. The molecule has 0 aliphatic carbocycles. The number of carbonyl (C=O) groups is 2. The third-order valence-corrected chi connectivity index (χ3v) is 7.84. The van der Waals surface area contributed by atoms with Gasteiger partial charge in [-0.2, -0.15) is 0 Å². The highest BCUT2D eigenvalue weighted by atomic mass is 79.9. The fourth-order valence-electron chi connectivity index (χ4n) is 5.81. The third kappa shape index (κ3) is 2.51. The molecule has 4 aliphatic heterocycles. The van der Waals surface area contributed by atoms with Crippen molar-refractivity contribution in [2.75, 3.05) is 4.90 Å². The number of imide groups is 1. The number of nitrogens with zero attached hydrogens (tertiary/aromatic N) is 2. The van der Waals surface area contributed by atoms with E-state index in [1.165, 1.54) is 11.2 Å². The number of benzene rings is 2. The molecule has 0 radical (unpaired) electrons. The van der Waals surface area contributed by atoms with Crippen molar-refractivity contribution >= 4 is 50.1 Å². The number of carbonyl (C=O) groups excluding carboxylic acids is 2. The van der Waals surface area contributed by atoms with Gasteiger partial charge in [-0.05, 0) is 37.3 Å². The summed E-state index contributed by atoms with van der Waals surface area (Å²) in [4.78, 5) is 47.0. The van der Waals surface area contributed by atoms with E-state index in [0.29, 0.717) is 22.4 Å². The van der Waals surface area contributed by atoms with Gasteiger partial charge >= 0.3 is 0 Å². The average Bonchev–Trinajstić information content (AvgIpc) is 3.56. The quantitative estimate of drug-likeness (QED) is 0.481. The first-order chi connectivity index (χ1) is 16.4. The molecule has 9 heteroatoms. The van der Waals surface area contributed by atoms with Crippen molar-refractivity contribution in [2.24, 2.45) is 22.9 Å². The zero-order chi connectivity index (χ0) is 23.3. The monoisotopic (exact) mass is 520 g/mol. The van der Waals surface area contributed by atoms with Gasteiger partial charge in [0.15, 0.2) is 6.10 Å². The number of aryl methyl sites for hydroxylation is 1. The normalized spacial score (nSPS) is 31.1. The van der Waals surface area contributed by atoms with E-state index in [2.05, 4.69) is 21.1 Å². The van der Waals surface area contributed by atoms with Gasteiger partial charge in [-0.15, -0.1) is 0 Å². The lowest BCUT2D eigenvalue weighted by molar-refractivity contribution is -0.125. The fraction of sp³-hybridized carbons (Fsp3) is 0.280. The van der Waals surface area contributed by atoms with E-state index in [-0.39, 0.29) is 22.8 Å². The first-order valence-corrected chi connectivity index (χ1v) is 11.8. The maximum absolute atomic E-state index is 13.4. The van der Waals surface area contributed by atoms with Crippen molar-refractivity contribution in [2.45, 2.75) is 25.2 Å². The summed E-state index contributed by atoms with van der Waals surface area (Å²) in [6.07, 6.45) is -0.360. The first kappa shape index (κ1) is 20.1. The van der Waals surface area contributed by atoms with Crippen LogP contribution in [0.15, 0.2) is 67.6 Å². The summed E-state index contributed by atoms with van der Waals surface area (Å²) in [6.45, 7) is 1.95. The van der Waals surface area contributed by atoms with Gasteiger partial charge in [0.25, 0.3) is 0 Å². The molecule has 2 aromatic carbocycles. The van der Waals surface area contributed by atoms with E-state index < -0.39 is 36.1 Å². The predicted molar refractivity (Wildman–Crippen MR) is 124 cm³/mol. The second kappa shape index (κ2) is 6.86. The number of ether oxygens (including phenoxy) is 1. The Hall–Kier alpha value is -3.30. The van der Waals surface area contributed by atoms with E-state index in [4.69, 9.17) is 14.0 Å². The number of oxime groups is 1. The van der Waals surface area contributed by atoms with Crippen LogP contribution in [0.1, 0.15) is 11.1 Å². The summed E-state index contributed by atoms with van der Waals surface area (Å²) in [5.41, 5.74) is 2.49. The van der Waals surface area contributed by atoms with E-state index in [1.54, 1.807) is 30.3 Å². The van der Waals surface area contributed by atoms with E-state index in [9.17, 15) is 14.4 Å². The largest absolute Gasteiger partial charge is 0.463 e. The molecule has 3 fully saturated rings. The number of rotatable bonds is 2. The topological polar surface area (TPSA) is 98.4 Å². The van der Waals surface area contributed by atoms with Crippen molar-refractivity contribution in [1.29, 1.82) is 0 Å². The van der Waals surface area contributed by atoms with Crippen LogP contribution in [-0.4, -0.2) is 35.8 Å². The van der Waals surface area contributed by atoms with Crippen LogP contribution in [0.5, 0.6) is 0 Å². The number of anilines is 1.